The average molecular weight is 192 g/mol. The van der Waals surface area contributed by atoms with Gasteiger partial charge in [-0.3, -0.25) is 0 Å². The SMILES string of the molecule is OC1CNCC1NCc1ccccc1. The van der Waals surface area contributed by atoms with Gasteiger partial charge in [-0.05, 0) is 5.56 Å². The van der Waals surface area contributed by atoms with Gasteiger partial charge in [0.15, 0.2) is 0 Å². The molecule has 3 heteroatoms. The first-order valence-electron chi connectivity index (χ1n) is 5.02. The summed E-state index contributed by atoms with van der Waals surface area (Å²) in [6.45, 7) is 2.38. The van der Waals surface area contributed by atoms with Crippen LogP contribution in [-0.4, -0.2) is 30.3 Å². The van der Waals surface area contributed by atoms with E-state index < -0.39 is 0 Å². The van der Waals surface area contributed by atoms with Crippen LogP contribution in [0.4, 0.5) is 0 Å². The van der Waals surface area contributed by atoms with E-state index in [1.807, 2.05) is 18.2 Å². The summed E-state index contributed by atoms with van der Waals surface area (Å²) in [6, 6.07) is 10.4. The van der Waals surface area contributed by atoms with Crippen LogP contribution in [0.3, 0.4) is 0 Å². The highest BCUT2D eigenvalue weighted by Gasteiger charge is 2.23. The van der Waals surface area contributed by atoms with Crippen LogP contribution in [0.1, 0.15) is 5.56 Å². The smallest absolute Gasteiger partial charge is 0.0829 e. The molecule has 1 heterocycles. The summed E-state index contributed by atoms with van der Waals surface area (Å²) in [5, 5.41) is 16.0. The second kappa shape index (κ2) is 4.55. The molecule has 0 aromatic heterocycles. The number of hydrogen-bond donors (Lipinski definition) is 3. The van der Waals surface area contributed by atoms with Crippen LogP contribution in [0.2, 0.25) is 0 Å². The van der Waals surface area contributed by atoms with E-state index in [2.05, 4.69) is 22.8 Å². The van der Waals surface area contributed by atoms with E-state index in [4.69, 9.17) is 0 Å². The predicted octanol–water partition coefficient (Wildman–Crippen LogP) is 0.109. The van der Waals surface area contributed by atoms with E-state index in [9.17, 15) is 5.11 Å². The summed E-state index contributed by atoms with van der Waals surface area (Å²) >= 11 is 0. The fraction of sp³-hybridized carbons (Fsp3) is 0.455. The van der Waals surface area contributed by atoms with E-state index >= 15 is 0 Å². The van der Waals surface area contributed by atoms with Crippen molar-refractivity contribution in [3.8, 4) is 0 Å². The molecule has 2 unspecified atom stereocenters. The summed E-state index contributed by atoms with van der Waals surface area (Å²) < 4.78 is 0. The summed E-state index contributed by atoms with van der Waals surface area (Å²) in [5.41, 5.74) is 1.26. The Kier molecular flexibility index (Phi) is 3.14. The van der Waals surface area contributed by atoms with Crippen LogP contribution in [0, 0.1) is 0 Å². The molecule has 0 amide bonds. The molecule has 1 saturated heterocycles. The van der Waals surface area contributed by atoms with Gasteiger partial charge >= 0.3 is 0 Å². The van der Waals surface area contributed by atoms with Crippen molar-refractivity contribution in [1.29, 1.82) is 0 Å². The van der Waals surface area contributed by atoms with E-state index in [1.54, 1.807) is 0 Å². The summed E-state index contributed by atoms with van der Waals surface area (Å²) in [4.78, 5) is 0. The molecule has 1 aliphatic rings. The third-order valence-corrected chi connectivity index (χ3v) is 2.59. The predicted molar refractivity (Wildman–Crippen MR) is 55.9 cm³/mol. The Morgan fingerprint density at radius 2 is 2.07 bits per heavy atom. The lowest BCUT2D eigenvalue weighted by atomic mass is 10.2. The fourth-order valence-corrected chi connectivity index (χ4v) is 1.72. The van der Waals surface area contributed by atoms with Crippen molar-refractivity contribution in [2.45, 2.75) is 18.7 Å². The molecule has 1 fully saturated rings. The molecule has 0 radical (unpaired) electrons. The third-order valence-electron chi connectivity index (χ3n) is 2.59. The minimum Gasteiger partial charge on any atom is -0.390 e. The van der Waals surface area contributed by atoms with E-state index in [0.717, 1.165) is 13.1 Å². The summed E-state index contributed by atoms with van der Waals surface area (Å²) in [6.07, 6.45) is -0.251. The minimum atomic E-state index is -0.251. The first-order valence-corrected chi connectivity index (χ1v) is 5.02. The molecule has 0 spiro atoms. The highest BCUT2D eigenvalue weighted by Crippen LogP contribution is 2.02. The summed E-state index contributed by atoms with van der Waals surface area (Å²) in [5.74, 6) is 0. The molecule has 2 atom stereocenters. The van der Waals surface area contributed by atoms with Gasteiger partial charge < -0.3 is 15.7 Å². The molecule has 1 aromatic rings. The van der Waals surface area contributed by atoms with E-state index in [-0.39, 0.29) is 12.1 Å². The van der Waals surface area contributed by atoms with Crippen LogP contribution in [-0.2, 0) is 6.54 Å². The van der Waals surface area contributed by atoms with Gasteiger partial charge in [0.1, 0.15) is 0 Å². The normalized spacial score (nSPS) is 26.6. The van der Waals surface area contributed by atoms with Gasteiger partial charge in [0.2, 0.25) is 0 Å². The first kappa shape index (κ1) is 9.65. The zero-order valence-electron chi connectivity index (χ0n) is 8.11. The maximum atomic E-state index is 9.54. The van der Waals surface area contributed by atoms with Gasteiger partial charge in [0.25, 0.3) is 0 Å². The molecule has 2 rings (SSSR count). The van der Waals surface area contributed by atoms with E-state index in [0.29, 0.717) is 6.54 Å². The highest BCUT2D eigenvalue weighted by atomic mass is 16.3. The van der Waals surface area contributed by atoms with Gasteiger partial charge in [-0.1, -0.05) is 30.3 Å². The Hall–Kier alpha value is -0.900. The number of aliphatic hydroxyl groups is 1. The molecule has 1 aliphatic heterocycles. The molecule has 0 bridgehead atoms. The lowest BCUT2D eigenvalue weighted by Crippen LogP contribution is -2.38. The van der Waals surface area contributed by atoms with Crippen LogP contribution in [0.5, 0.6) is 0 Å². The standard InChI is InChI=1S/C11H16N2O/c14-11-8-12-7-10(11)13-6-9-4-2-1-3-5-9/h1-5,10-14H,6-8H2. The molecular weight excluding hydrogens is 176 g/mol. The molecule has 14 heavy (non-hydrogen) atoms. The Balaban J connectivity index is 1.82. The quantitative estimate of drug-likeness (QED) is 0.637. The van der Waals surface area contributed by atoms with Crippen molar-refractivity contribution < 1.29 is 5.11 Å². The Morgan fingerprint density at radius 1 is 1.29 bits per heavy atom. The van der Waals surface area contributed by atoms with Crippen molar-refractivity contribution in [3.63, 3.8) is 0 Å². The number of rotatable bonds is 3. The largest absolute Gasteiger partial charge is 0.390 e. The molecule has 3 N–H and O–H groups in total. The van der Waals surface area contributed by atoms with Gasteiger partial charge in [0, 0.05) is 25.7 Å². The van der Waals surface area contributed by atoms with Crippen molar-refractivity contribution in [3.05, 3.63) is 35.9 Å². The number of aliphatic hydroxyl groups excluding tert-OH is 1. The monoisotopic (exact) mass is 192 g/mol. The van der Waals surface area contributed by atoms with Crippen molar-refractivity contribution in [2.75, 3.05) is 13.1 Å². The maximum Gasteiger partial charge on any atom is 0.0829 e. The molecular formula is C11H16N2O. The zero-order chi connectivity index (χ0) is 9.80. The first-order chi connectivity index (χ1) is 6.86. The topological polar surface area (TPSA) is 44.3 Å². The number of hydrogen-bond acceptors (Lipinski definition) is 3. The lowest BCUT2D eigenvalue weighted by Gasteiger charge is -2.15. The third kappa shape index (κ3) is 2.32. The molecule has 0 aliphatic carbocycles. The number of benzene rings is 1. The van der Waals surface area contributed by atoms with Gasteiger partial charge in [-0.25, -0.2) is 0 Å². The lowest BCUT2D eigenvalue weighted by molar-refractivity contribution is 0.162. The van der Waals surface area contributed by atoms with Crippen molar-refractivity contribution >= 4 is 0 Å². The summed E-state index contributed by atoms with van der Waals surface area (Å²) in [7, 11) is 0. The Morgan fingerprint density at radius 3 is 2.71 bits per heavy atom. The second-order valence-electron chi connectivity index (χ2n) is 3.70. The minimum absolute atomic E-state index is 0.190. The van der Waals surface area contributed by atoms with Crippen LogP contribution in [0.25, 0.3) is 0 Å². The number of β-amino-alcohol motifs (C(OH)–C–C–N with tert-alkyl or cyclic N) is 1. The van der Waals surface area contributed by atoms with Gasteiger partial charge in [-0.15, -0.1) is 0 Å². The van der Waals surface area contributed by atoms with Gasteiger partial charge in [-0.2, -0.15) is 0 Å². The number of nitrogens with one attached hydrogen (secondary N) is 2. The molecule has 3 nitrogen and oxygen atoms in total. The van der Waals surface area contributed by atoms with Crippen LogP contribution in [0.15, 0.2) is 30.3 Å². The molecule has 1 aromatic carbocycles. The average Bonchev–Trinajstić information content (AvgIpc) is 2.63. The van der Waals surface area contributed by atoms with Crippen LogP contribution < -0.4 is 10.6 Å². The highest BCUT2D eigenvalue weighted by molar-refractivity contribution is 5.14. The maximum absolute atomic E-state index is 9.54. The van der Waals surface area contributed by atoms with Crippen molar-refractivity contribution in [2.24, 2.45) is 0 Å². The Labute approximate surface area is 84.1 Å². The Bertz CT molecular complexity index is 276. The fourth-order valence-electron chi connectivity index (χ4n) is 1.72. The zero-order valence-corrected chi connectivity index (χ0v) is 8.11. The molecule has 0 saturated carbocycles. The van der Waals surface area contributed by atoms with Gasteiger partial charge in [0.05, 0.1) is 6.10 Å². The van der Waals surface area contributed by atoms with E-state index in [1.165, 1.54) is 5.56 Å². The van der Waals surface area contributed by atoms with Crippen molar-refractivity contribution in [1.82, 2.24) is 10.6 Å². The second-order valence-corrected chi connectivity index (χ2v) is 3.70. The molecule has 76 valence electrons. The van der Waals surface area contributed by atoms with Crippen LogP contribution >= 0.6 is 0 Å².